The standard InChI is InChI=1S/C26H33N3O3S/c1-2-33(31,32)28-26(30)13-12-20-8-10-21(11-9-20)19-29-16-14-23(15-17-29)27-25-18-24(25)22-6-4-3-5-7-22/h3-13,23-25,27H,2,14-19H2,1H3,(H,28,30)/b13-12+. The van der Waals surface area contributed by atoms with E-state index in [0.717, 1.165) is 25.2 Å². The number of nitrogens with zero attached hydrogens (tertiary/aromatic N) is 1. The first-order chi connectivity index (χ1) is 15.9. The van der Waals surface area contributed by atoms with Crippen molar-refractivity contribution >= 4 is 22.0 Å². The lowest BCUT2D eigenvalue weighted by molar-refractivity contribution is -0.114. The van der Waals surface area contributed by atoms with E-state index in [9.17, 15) is 13.2 Å². The number of benzene rings is 2. The Labute approximate surface area is 197 Å². The van der Waals surface area contributed by atoms with Gasteiger partial charge in [-0.25, -0.2) is 13.1 Å². The molecule has 1 saturated heterocycles. The largest absolute Gasteiger partial charge is 0.311 e. The van der Waals surface area contributed by atoms with Gasteiger partial charge in [0, 0.05) is 30.6 Å². The van der Waals surface area contributed by atoms with Crippen LogP contribution in [0.15, 0.2) is 60.7 Å². The summed E-state index contributed by atoms with van der Waals surface area (Å²) in [6.45, 7) is 4.59. The van der Waals surface area contributed by atoms with Crippen LogP contribution in [0.25, 0.3) is 6.08 Å². The maximum atomic E-state index is 11.7. The predicted octanol–water partition coefficient (Wildman–Crippen LogP) is 3.28. The highest BCUT2D eigenvalue weighted by Crippen LogP contribution is 2.41. The van der Waals surface area contributed by atoms with Crippen LogP contribution in [0.3, 0.4) is 0 Å². The van der Waals surface area contributed by atoms with E-state index in [1.54, 1.807) is 6.08 Å². The number of nitrogens with one attached hydrogen (secondary N) is 2. The van der Waals surface area contributed by atoms with Gasteiger partial charge in [0.25, 0.3) is 5.91 Å². The number of hydrogen-bond acceptors (Lipinski definition) is 5. The van der Waals surface area contributed by atoms with Crippen LogP contribution >= 0.6 is 0 Å². The molecule has 1 amide bonds. The fraction of sp³-hybridized carbons (Fsp3) is 0.423. The number of sulfonamides is 1. The van der Waals surface area contributed by atoms with Gasteiger partial charge < -0.3 is 5.32 Å². The van der Waals surface area contributed by atoms with E-state index in [2.05, 4.69) is 52.7 Å². The molecule has 0 radical (unpaired) electrons. The topological polar surface area (TPSA) is 78.5 Å². The predicted molar refractivity (Wildman–Crippen MR) is 132 cm³/mol. The summed E-state index contributed by atoms with van der Waals surface area (Å²) in [6, 6.07) is 20.1. The first kappa shape index (κ1) is 23.7. The molecule has 1 aliphatic heterocycles. The molecule has 0 aromatic heterocycles. The fourth-order valence-electron chi connectivity index (χ4n) is 4.43. The molecule has 2 fully saturated rings. The highest BCUT2D eigenvalue weighted by molar-refractivity contribution is 7.90. The van der Waals surface area contributed by atoms with Gasteiger partial charge in [0.15, 0.2) is 0 Å². The third-order valence-electron chi connectivity index (χ3n) is 6.50. The van der Waals surface area contributed by atoms with Crippen molar-refractivity contribution < 1.29 is 13.2 Å². The van der Waals surface area contributed by atoms with Crippen LogP contribution in [0.1, 0.15) is 48.8 Å². The van der Waals surface area contributed by atoms with Gasteiger partial charge in [-0.15, -0.1) is 0 Å². The Hall–Kier alpha value is -2.48. The number of hydrogen-bond donors (Lipinski definition) is 2. The third-order valence-corrected chi connectivity index (χ3v) is 7.78. The van der Waals surface area contributed by atoms with Crippen molar-refractivity contribution in [3.05, 3.63) is 77.4 Å². The number of amides is 1. The number of carbonyl (C=O) groups is 1. The number of piperidine rings is 1. The molecule has 1 saturated carbocycles. The molecule has 4 rings (SSSR count). The van der Waals surface area contributed by atoms with E-state index in [1.807, 2.05) is 16.9 Å². The molecule has 1 heterocycles. The van der Waals surface area contributed by atoms with Crippen molar-refractivity contribution in [3.8, 4) is 0 Å². The third kappa shape index (κ3) is 7.00. The second-order valence-electron chi connectivity index (χ2n) is 9.02. The van der Waals surface area contributed by atoms with Crippen LogP contribution in [0.5, 0.6) is 0 Å². The molecule has 0 bridgehead atoms. The first-order valence-corrected chi connectivity index (χ1v) is 13.4. The van der Waals surface area contributed by atoms with Crippen LogP contribution in [-0.4, -0.2) is 50.2 Å². The summed E-state index contributed by atoms with van der Waals surface area (Å²) in [6.07, 6.45) is 6.48. The molecule has 0 spiro atoms. The Morgan fingerprint density at radius 1 is 1.06 bits per heavy atom. The van der Waals surface area contributed by atoms with E-state index in [0.29, 0.717) is 18.0 Å². The molecule has 2 atom stereocenters. The Balaban J connectivity index is 1.18. The minimum absolute atomic E-state index is 0.122. The van der Waals surface area contributed by atoms with Gasteiger partial charge >= 0.3 is 0 Å². The zero-order valence-corrected chi connectivity index (χ0v) is 19.9. The van der Waals surface area contributed by atoms with Gasteiger partial charge in [-0.1, -0.05) is 54.6 Å². The molecule has 1 aliphatic carbocycles. The molecule has 7 heteroatoms. The van der Waals surface area contributed by atoms with Gasteiger partial charge in [-0.05, 0) is 62.0 Å². The zero-order chi connectivity index (χ0) is 23.3. The summed E-state index contributed by atoms with van der Waals surface area (Å²) in [4.78, 5) is 14.2. The van der Waals surface area contributed by atoms with E-state index in [-0.39, 0.29) is 5.75 Å². The summed E-state index contributed by atoms with van der Waals surface area (Å²) < 4.78 is 24.9. The Morgan fingerprint density at radius 3 is 2.42 bits per heavy atom. The smallest absolute Gasteiger partial charge is 0.257 e. The lowest BCUT2D eigenvalue weighted by Crippen LogP contribution is -2.43. The minimum atomic E-state index is -3.53. The van der Waals surface area contributed by atoms with Crippen molar-refractivity contribution in [2.75, 3.05) is 18.8 Å². The molecule has 2 unspecified atom stereocenters. The highest BCUT2D eigenvalue weighted by Gasteiger charge is 2.39. The van der Waals surface area contributed by atoms with Crippen LogP contribution in [0.2, 0.25) is 0 Å². The summed E-state index contributed by atoms with van der Waals surface area (Å²) >= 11 is 0. The summed E-state index contributed by atoms with van der Waals surface area (Å²) in [7, 11) is -3.53. The molecule has 33 heavy (non-hydrogen) atoms. The number of carbonyl (C=O) groups excluding carboxylic acids is 1. The van der Waals surface area contributed by atoms with Crippen molar-refractivity contribution in [1.29, 1.82) is 0 Å². The summed E-state index contributed by atoms with van der Waals surface area (Å²) in [5.74, 6) is -0.0683. The van der Waals surface area contributed by atoms with E-state index in [1.165, 1.54) is 43.4 Å². The van der Waals surface area contributed by atoms with Crippen LogP contribution < -0.4 is 10.0 Å². The lowest BCUT2D eigenvalue weighted by Gasteiger charge is -2.32. The summed E-state index contributed by atoms with van der Waals surface area (Å²) in [5.41, 5.74) is 3.56. The van der Waals surface area contributed by atoms with Crippen molar-refractivity contribution in [3.63, 3.8) is 0 Å². The van der Waals surface area contributed by atoms with Crippen molar-refractivity contribution in [1.82, 2.24) is 14.9 Å². The molecule has 2 aliphatic rings. The second-order valence-corrected chi connectivity index (χ2v) is 11.0. The summed E-state index contributed by atoms with van der Waals surface area (Å²) in [5, 5.41) is 3.87. The Bertz CT molecular complexity index is 1060. The van der Waals surface area contributed by atoms with Gasteiger partial charge in [0.1, 0.15) is 0 Å². The SMILES string of the molecule is CCS(=O)(=O)NC(=O)/C=C/c1ccc(CN2CCC(NC3CC3c3ccccc3)CC2)cc1. The molecule has 2 aromatic rings. The number of likely N-dealkylation sites (tertiary alicyclic amines) is 1. The maximum absolute atomic E-state index is 11.7. The molecule has 6 nitrogen and oxygen atoms in total. The van der Waals surface area contributed by atoms with Crippen molar-refractivity contribution in [2.24, 2.45) is 0 Å². The Morgan fingerprint density at radius 2 is 1.76 bits per heavy atom. The fourth-order valence-corrected chi connectivity index (χ4v) is 4.95. The minimum Gasteiger partial charge on any atom is -0.311 e. The Kier molecular flexibility index (Phi) is 7.63. The highest BCUT2D eigenvalue weighted by atomic mass is 32.2. The second kappa shape index (κ2) is 10.6. The van der Waals surface area contributed by atoms with E-state index < -0.39 is 15.9 Å². The molecular formula is C26H33N3O3S. The first-order valence-electron chi connectivity index (χ1n) is 11.8. The van der Waals surface area contributed by atoms with Crippen LogP contribution in [0.4, 0.5) is 0 Å². The average Bonchev–Trinajstić information content (AvgIpc) is 3.59. The normalized spacial score (nSPS) is 21.8. The quantitative estimate of drug-likeness (QED) is 0.554. The van der Waals surface area contributed by atoms with Crippen LogP contribution in [-0.2, 0) is 21.4 Å². The lowest BCUT2D eigenvalue weighted by atomic mass is 10.0. The maximum Gasteiger partial charge on any atom is 0.257 e. The van der Waals surface area contributed by atoms with Gasteiger partial charge in [0.2, 0.25) is 10.0 Å². The molecule has 176 valence electrons. The van der Waals surface area contributed by atoms with Crippen LogP contribution in [0, 0.1) is 0 Å². The van der Waals surface area contributed by atoms with Gasteiger partial charge in [0.05, 0.1) is 5.75 Å². The number of rotatable bonds is 9. The molecule has 2 aromatic carbocycles. The van der Waals surface area contributed by atoms with Gasteiger partial charge in [-0.3, -0.25) is 9.69 Å². The van der Waals surface area contributed by atoms with E-state index in [4.69, 9.17) is 0 Å². The van der Waals surface area contributed by atoms with Gasteiger partial charge in [-0.2, -0.15) is 0 Å². The average molecular weight is 468 g/mol. The zero-order valence-electron chi connectivity index (χ0n) is 19.1. The monoisotopic (exact) mass is 467 g/mol. The van der Waals surface area contributed by atoms with E-state index >= 15 is 0 Å². The van der Waals surface area contributed by atoms with Crippen molar-refractivity contribution in [2.45, 2.75) is 50.7 Å². The molecule has 2 N–H and O–H groups in total. The molecular weight excluding hydrogens is 434 g/mol.